The number of fused-ring (bicyclic) bond motifs is 1. The number of hydrogen-bond acceptors (Lipinski definition) is 3. The molecule has 3 atom stereocenters. The van der Waals surface area contributed by atoms with Gasteiger partial charge < -0.3 is 19.5 Å². The molecule has 2 aliphatic rings. The second-order valence-corrected chi connectivity index (χ2v) is 5.86. The van der Waals surface area contributed by atoms with Gasteiger partial charge in [-0.3, -0.25) is 4.79 Å². The van der Waals surface area contributed by atoms with Crippen LogP contribution in [0.3, 0.4) is 0 Å². The van der Waals surface area contributed by atoms with Crippen LogP contribution in [0.1, 0.15) is 17.4 Å². The fourth-order valence-electron chi connectivity index (χ4n) is 3.58. The van der Waals surface area contributed by atoms with Crippen LogP contribution in [0.2, 0.25) is 0 Å². The molecule has 20 heavy (non-hydrogen) atoms. The lowest BCUT2D eigenvalue weighted by Gasteiger charge is -2.25. The molecule has 3 rings (SSSR count). The van der Waals surface area contributed by atoms with Crippen molar-refractivity contribution in [2.75, 3.05) is 33.4 Å². The predicted octanol–water partition coefficient (Wildman–Crippen LogP) is 0.814. The molecule has 5 nitrogen and oxygen atoms in total. The second-order valence-electron chi connectivity index (χ2n) is 5.86. The van der Waals surface area contributed by atoms with Crippen LogP contribution in [0, 0.1) is 11.8 Å². The Kier molecular flexibility index (Phi) is 3.81. The molecule has 110 valence electrons. The van der Waals surface area contributed by atoms with E-state index in [1.165, 1.54) is 0 Å². The molecule has 0 bridgehead atoms. The van der Waals surface area contributed by atoms with Crippen molar-refractivity contribution in [2.45, 2.75) is 19.5 Å². The average molecular weight is 277 g/mol. The summed E-state index contributed by atoms with van der Waals surface area (Å²) >= 11 is 0. The van der Waals surface area contributed by atoms with Crippen LogP contribution in [0.15, 0.2) is 18.3 Å². The van der Waals surface area contributed by atoms with Crippen molar-refractivity contribution in [2.24, 2.45) is 11.8 Å². The number of amides is 1. The fraction of sp³-hybridized carbons (Fsp3) is 0.667. The first-order valence-electron chi connectivity index (χ1n) is 7.38. The van der Waals surface area contributed by atoms with Crippen molar-refractivity contribution in [3.05, 3.63) is 24.0 Å². The summed E-state index contributed by atoms with van der Waals surface area (Å²) in [4.78, 5) is 14.8. The average Bonchev–Trinajstić information content (AvgIpc) is 3.13. The smallest absolute Gasteiger partial charge is 0.270 e. The molecule has 3 unspecified atom stereocenters. The van der Waals surface area contributed by atoms with Crippen molar-refractivity contribution >= 4 is 5.91 Å². The number of methoxy groups -OCH3 is 1. The number of nitrogens with one attached hydrogen (secondary N) is 1. The van der Waals surface area contributed by atoms with Gasteiger partial charge in [-0.25, -0.2) is 0 Å². The summed E-state index contributed by atoms with van der Waals surface area (Å²) < 4.78 is 7.09. The number of aromatic nitrogens is 1. The Balaban J connectivity index is 1.74. The zero-order chi connectivity index (χ0) is 14.1. The van der Waals surface area contributed by atoms with Crippen molar-refractivity contribution in [3.63, 3.8) is 0 Å². The van der Waals surface area contributed by atoms with Gasteiger partial charge in [0.25, 0.3) is 5.91 Å². The Hall–Kier alpha value is -1.33. The minimum Gasteiger partial charge on any atom is -0.383 e. The van der Waals surface area contributed by atoms with Gasteiger partial charge >= 0.3 is 0 Å². The Labute approximate surface area is 119 Å². The summed E-state index contributed by atoms with van der Waals surface area (Å²) in [7, 11) is 1.68. The van der Waals surface area contributed by atoms with E-state index in [1.54, 1.807) is 7.11 Å². The molecule has 1 amide bonds. The van der Waals surface area contributed by atoms with E-state index in [4.69, 9.17) is 4.74 Å². The monoisotopic (exact) mass is 277 g/mol. The number of hydrogen-bond donors (Lipinski definition) is 1. The lowest BCUT2D eigenvalue weighted by Crippen LogP contribution is -2.39. The van der Waals surface area contributed by atoms with Crippen molar-refractivity contribution in [3.8, 4) is 0 Å². The van der Waals surface area contributed by atoms with E-state index >= 15 is 0 Å². The SMILES string of the molecule is COCCn1cccc1C(=O)N1CC2CNCC2C1C. The molecule has 0 aromatic carbocycles. The maximum atomic E-state index is 12.8. The van der Waals surface area contributed by atoms with Gasteiger partial charge in [0, 0.05) is 45.5 Å². The quantitative estimate of drug-likeness (QED) is 0.886. The van der Waals surface area contributed by atoms with E-state index in [1.807, 2.05) is 22.9 Å². The van der Waals surface area contributed by atoms with Crippen LogP contribution >= 0.6 is 0 Å². The minimum atomic E-state index is 0.160. The second kappa shape index (κ2) is 5.58. The van der Waals surface area contributed by atoms with Gasteiger partial charge in [0.15, 0.2) is 0 Å². The number of nitrogens with zero attached hydrogens (tertiary/aromatic N) is 2. The molecule has 2 fully saturated rings. The van der Waals surface area contributed by atoms with Crippen molar-refractivity contribution in [1.82, 2.24) is 14.8 Å². The Morgan fingerprint density at radius 2 is 2.35 bits per heavy atom. The van der Waals surface area contributed by atoms with Crippen LogP contribution in [0.25, 0.3) is 0 Å². The first kappa shape index (κ1) is 13.6. The third kappa shape index (κ3) is 2.25. The van der Waals surface area contributed by atoms with Gasteiger partial charge in [0.2, 0.25) is 0 Å². The predicted molar refractivity (Wildman–Crippen MR) is 76.7 cm³/mol. The molecule has 5 heteroatoms. The lowest BCUT2D eigenvalue weighted by atomic mass is 9.95. The van der Waals surface area contributed by atoms with Gasteiger partial charge in [-0.2, -0.15) is 0 Å². The zero-order valence-electron chi connectivity index (χ0n) is 12.2. The summed E-state index contributed by atoms with van der Waals surface area (Å²) in [6, 6.07) is 4.18. The molecule has 0 radical (unpaired) electrons. The fourth-order valence-corrected chi connectivity index (χ4v) is 3.58. The molecule has 1 aromatic rings. The third-order valence-electron chi connectivity index (χ3n) is 4.78. The normalized spacial score (nSPS) is 28.9. The molecular formula is C15H23N3O2. The molecule has 0 aliphatic carbocycles. The van der Waals surface area contributed by atoms with E-state index in [-0.39, 0.29) is 5.91 Å². The molecule has 1 N–H and O–H groups in total. The zero-order valence-corrected chi connectivity index (χ0v) is 12.2. The molecule has 3 heterocycles. The van der Waals surface area contributed by atoms with Gasteiger partial charge in [0.05, 0.1) is 6.61 Å². The van der Waals surface area contributed by atoms with E-state index in [2.05, 4.69) is 17.1 Å². The topological polar surface area (TPSA) is 46.5 Å². The lowest BCUT2D eigenvalue weighted by molar-refractivity contribution is 0.0715. The summed E-state index contributed by atoms with van der Waals surface area (Å²) in [5.41, 5.74) is 0.779. The summed E-state index contributed by atoms with van der Waals surface area (Å²) in [6.45, 7) is 6.50. The standard InChI is InChI=1S/C15H23N3O2/c1-11-13-9-16-8-12(13)10-18(11)15(19)14-4-3-5-17(14)6-7-20-2/h3-5,11-13,16H,6-10H2,1-2H3. The van der Waals surface area contributed by atoms with Crippen LogP contribution in [-0.2, 0) is 11.3 Å². The van der Waals surface area contributed by atoms with E-state index < -0.39 is 0 Å². The largest absolute Gasteiger partial charge is 0.383 e. The molecule has 2 saturated heterocycles. The third-order valence-corrected chi connectivity index (χ3v) is 4.78. The highest BCUT2D eigenvalue weighted by Gasteiger charge is 2.44. The van der Waals surface area contributed by atoms with Crippen molar-refractivity contribution in [1.29, 1.82) is 0 Å². The highest BCUT2D eigenvalue weighted by atomic mass is 16.5. The van der Waals surface area contributed by atoms with E-state index in [0.717, 1.165) is 31.9 Å². The van der Waals surface area contributed by atoms with Crippen LogP contribution in [0.4, 0.5) is 0 Å². The molecule has 2 aliphatic heterocycles. The number of likely N-dealkylation sites (tertiary alicyclic amines) is 1. The first-order chi connectivity index (χ1) is 9.72. The van der Waals surface area contributed by atoms with E-state index in [0.29, 0.717) is 24.5 Å². The van der Waals surface area contributed by atoms with Gasteiger partial charge in [-0.1, -0.05) is 0 Å². The highest BCUT2D eigenvalue weighted by Crippen LogP contribution is 2.33. The van der Waals surface area contributed by atoms with Gasteiger partial charge in [-0.05, 0) is 30.9 Å². The number of carbonyl (C=O) groups is 1. The first-order valence-corrected chi connectivity index (χ1v) is 7.38. The molecular weight excluding hydrogens is 254 g/mol. The highest BCUT2D eigenvalue weighted by molar-refractivity contribution is 5.93. The summed E-state index contributed by atoms with van der Waals surface area (Å²) in [5, 5.41) is 3.43. The summed E-state index contributed by atoms with van der Waals surface area (Å²) in [6.07, 6.45) is 1.95. The van der Waals surface area contributed by atoms with Gasteiger partial charge in [-0.15, -0.1) is 0 Å². The number of ether oxygens (including phenoxy) is 1. The van der Waals surface area contributed by atoms with Gasteiger partial charge in [0.1, 0.15) is 5.69 Å². The molecule has 1 aromatic heterocycles. The maximum absolute atomic E-state index is 12.8. The van der Waals surface area contributed by atoms with Crippen LogP contribution in [0.5, 0.6) is 0 Å². The Morgan fingerprint density at radius 1 is 1.50 bits per heavy atom. The maximum Gasteiger partial charge on any atom is 0.270 e. The minimum absolute atomic E-state index is 0.160. The number of rotatable bonds is 4. The summed E-state index contributed by atoms with van der Waals surface area (Å²) in [5.74, 6) is 1.39. The Morgan fingerprint density at radius 3 is 3.10 bits per heavy atom. The van der Waals surface area contributed by atoms with Crippen LogP contribution in [-0.4, -0.2) is 54.8 Å². The van der Waals surface area contributed by atoms with Crippen LogP contribution < -0.4 is 5.32 Å². The molecule has 0 saturated carbocycles. The Bertz CT molecular complexity index is 485. The number of carbonyl (C=O) groups excluding carboxylic acids is 1. The van der Waals surface area contributed by atoms with E-state index in [9.17, 15) is 4.79 Å². The molecule has 0 spiro atoms. The van der Waals surface area contributed by atoms with Crippen molar-refractivity contribution < 1.29 is 9.53 Å².